The molecule has 140 valence electrons. The summed E-state index contributed by atoms with van der Waals surface area (Å²) in [5.74, 6) is -7.01. The van der Waals surface area contributed by atoms with Gasteiger partial charge in [-0.25, -0.2) is 22.4 Å². The van der Waals surface area contributed by atoms with Crippen molar-refractivity contribution in [1.29, 1.82) is 0 Å². The molecule has 9 heteroatoms. The van der Waals surface area contributed by atoms with Crippen LogP contribution in [-0.2, 0) is 9.53 Å². The van der Waals surface area contributed by atoms with Crippen LogP contribution < -0.4 is 5.32 Å². The largest absolute Gasteiger partial charge is 0.448 e. The SMILES string of the molecule is C[C@@H](OC(=O)c1cc2c(F)cccc2s1)C(=O)Nc1ccc(F)c(F)c1F. The van der Waals surface area contributed by atoms with Crippen LogP contribution in [0.25, 0.3) is 10.1 Å². The Morgan fingerprint density at radius 3 is 2.48 bits per heavy atom. The Morgan fingerprint density at radius 2 is 1.78 bits per heavy atom. The van der Waals surface area contributed by atoms with Crippen molar-refractivity contribution in [1.82, 2.24) is 0 Å². The molecule has 0 aliphatic heterocycles. The minimum Gasteiger partial charge on any atom is -0.448 e. The number of anilines is 1. The van der Waals surface area contributed by atoms with Crippen molar-refractivity contribution in [3.63, 3.8) is 0 Å². The molecule has 0 aliphatic rings. The van der Waals surface area contributed by atoms with Crippen molar-refractivity contribution in [2.45, 2.75) is 13.0 Å². The monoisotopic (exact) mass is 397 g/mol. The first-order valence-corrected chi connectivity index (χ1v) is 8.43. The van der Waals surface area contributed by atoms with Crippen molar-refractivity contribution < 1.29 is 31.9 Å². The van der Waals surface area contributed by atoms with E-state index in [1.165, 1.54) is 25.1 Å². The smallest absolute Gasteiger partial charge is 0.349 e. The van der Waals surface area contributed by atoms with Gasteiger partial charge in [-0.2, -0.15) is 0 Å². The van der Waals surface area contributed by atoms with E-state index in [4.69, 9.17) is 4.74 Å². The molecule has 2 aromatic carbocycles. The Labute approximate surface area is 154 Å². The maximum Gasteiger partial charge on any atom is 0.349 e. The molecule has 1 amide bonds. The molecule has 0 spiro atoms. The van der Waals surface area contributed by atoms with Gasteiger partial charge in [0.15, 0.2) is 23.6 Å². The second-order valence-corrected chi connectivity index (χ2v) is 6.61. The van der Waals surface area contributed by atoms with E-state index < -0.39 is 46.9 Å². The van der Waals surface area contributed by atoms with Crippen LogP contribution in [0.5, 0.6) is 0 Å². The fraction of sp³-hybridized carbons (Fsp3) is 0.111. The second kappa shape index (κ2) is 7.36. The first kappa shape index (κ1) is 18.8. The molecule has 1 aromatic heterocycles. The molecule has 1 heterocycles. The number of hydrogen-bond acceptors (Lipinski definition) is 4. The lowest BCUT2D eigenvalue weighted by Gasteiger charge is -2.13. The molecule has 0 fully saturated rings. The van der Waals surface area contributed by atoms with Crippen LogP contribution >= 0.6 is 11.3 Å². The number of carbonyl (C=O) groups is 2. The van der Waals surface area contributed by atoms with Gasteiger partial charge >= 0.3 is 5.97 Å². The molecule has 0 unspecified atom stereocenters. The van der Waals surface area contributed by atoms with Gasteiger partial charge in [0.1, 0.15) is 10.7 Å². The van der Waals surface area contributed by atoms with E-state index in [1.54, 1.807) is 6.07 Å². The molecule has 27 heavy (non-hydrogen) atoms. The van der Waals surface area contributed by atoms with Crippen molar-refractivity contribution in [3.05, 3.63) is 64.5 Å². The fourth-order valence-corrected chi connectivity index (χ4v) is 3.21. The number of thiophene rings is 1. The minimum absolute atomic E-state index is 0.0776. The van der Waals surface area contributed by atoms with Crippen LogP contribution in [-0.4, -0.2) is 18.0 Å². The third kappa shape index (κ3) is 3.77. The van der Waals surface area contributed by atoms with Gasteiger partial charge in [-0.15, -0.1) is 11.3 Å². The molecule has 0 bridgehead atoms. The van der Waals surface area contributed by atoms with E-state index in [9.17, 15) is 27.2 Å². The number of halogens is 4. The van der Waals surface area contributed by atoms with Crippen LogP contribution in [0.15, 0.2) is 36.4 Å². The van der Waals surface area contributed by atoms with Gasteiger partial charge in [0.05, 0.1) is 5.69 Å². The summed E-state index contributed by atoms with van der Waals surface area (Å²) in [4.78, 5) is 24.3. The third-order valence-electron chi connectivity index (χ3n) is 3.66. The highest BCUT2D eigenvalue weighted by Gasteiger charge is 2.23. The van der Waals surface area contributed by atoms with Crippen molar-refractivity contribution >= 4 is 39.0 Å². The Balaban J connectivity index is 1.71. The number of benzene rings is 2. The van der Waals surface area contributed by atoms with Crippen LogP contribution in [0.1, 0.15) is 16.6 Å². The van der Waals surface area contributed by atoms with Crippen LogP contribution in [0.3, 0.4) is 0 Å². The zero-order valence-electron chi connectivity index (χ0n) is 13.7. The number of esters is 1. The number of fused-ring (bicyclic) bond motifs is 1. The van der Waals surface area contributed by atoms with Gasteiger partial charge in [0.25, 0.3) is 5.91 Å². The average molecular weight is 397 g/mol. The number of hydrogen-bond donors (Lipinski definition) is 1. The fourth-order valence-electron chi connectivity index (χ4n) is 2.25. The Bertz CT molecular complexity index is 1050. The van der Waals surface area contributed by atoms with Gasteiger partial charge in [-0.05, 0) is 37.3 Å². The molecule has 0 radical (unpaired) electrons. The zero-order chi connectivity index (χ0) is 19.7. The summed E-state index contributed by atoms with van der Waals surface area (Å²) in [6.45, 7) is 1.22. The molecule has 0 saturated carbocycles. The summed E-state index contributed by atoms with van der Waals surface area (Å²) in [7, 11) is 0. The zero-order valence-corrected chi connectivity index (χ0v) is 14.5. The highest BCUT2D eigenvalue weighted by molar-refractivity contribution is 7.20. The predicted molar refractivity (Wildman–Crippen MR) is 91.6 cm³/mol. The highest BCUT2D eigenvalue weighted by Crippen LogP contribution is 2.28. The highest BCUT2D eigenvalue weighted by atomic mass is 32.1. The first-order valence-electron chi connectivity index (χ1n) is 7.61. The first-order chi connectivity index (χ1) is 12.8. The molecule has 1 atom stereocenters. The van der Waals surface area contributed by atoms with Crippen molar-refractivity contribution in [3.8, 4) is 0 Å². The van der Waals surface area contributed by atoms with E-state index in [1.807, 2.05) is 5.32 Å². The number of carbonyl (C=O) groups excluding carboxylic acids is 2. The summed E-state index contributed by atoms with van der Waals surface area (Å²) in [5.41, 5.74) is -0.592. The van der Waals surface area contributed by atoms with E-state index in [0.717, 1.165) is 17.4 Å². The van der Waals surface area contributed by atoms with E-state index in [0.29, 0.717) is 10.8 Å². The average Bonchev–Trinajstić information content (AvgIpc) is 3.08. The van der Waals surface area contributed by atoms with Crippen LogP contribution in [0.2, 0.25) is 0 Å². The van der Waals surface area contributed by atoms with E-state index >= 15 is 0 Å². The molecule has 4 nitrogen and oxygen atoms in total. The summed E-state index contributed by atoms with van der Waals surface area (Å²) in [5, 5.41) is 2.26. The molecule has 3 rings (SSSR count). The third-order valence-corrected chi connectivity index (χ3v) is 4.74. The number of amides is 1. The van der Waals surface area contributed by atoms with Crippen molar-refractivity contribution in [2.24, 2.45) is 0 Å². The lowest BCUT2D eigenvalue weighted by molar-refractivity contribution is -0.123. The Hall–Kier alpha value is -2.94. The standard InChI is InChI=1S/C18H11F4NO3S/c1-8(17(24)23-12-6-5-11(20)15(21)16(12)22)26-18(25)14-7-9-10(19)3-2-4-13(9)27-14/h2-8H,1H3,(H,23,24)/t8-/m1/s1. The lowest BCUT2D eigenvalue weighted by Crippen LogP contribution is -2.30. The van der Waals surface area contributed by atoms with E-state index in [-0.39, 0.29) is 10.3 Å². The normalized spacial score (nSPS) is 12.0. The maximum absolute atomic E-state index is 13.7. The van der Waals surface area contributed by atoms with Gasteiger partial charge in [-0.3, -0.25) is 4.79 Å². The number of rotatable bonds is 4. The van der Waals surface area contributed by atoms with Crippen LogP contribution in [0, 0.1) is 23.3 Å². The second-order valence-electron chi connectivity index (χ2n) is 5.52. The summed E-state index contributed by atoms with van der Waals surface area (Å²) < 4.78 is 58.9. The Kier molecular flexibility index (Phi) is 5.13. The minimum atomic E-state index is -1.73. The topological polar surface area (TPSA) is 55.4 Å². The lowest BCUT2D eigenvalue weighted by atomic mass is 10.2. The molecule has 0 aliphatic carbocycles. The van der Waals surface area contributed by atoms with Gasteiger partial charge in [0.2, 0.25) is 0 Å². The maximum atomic E-state index is 13.7. The summed E-state index contributed by atoms with van der Waals surface area (Å²) in [6.07, 6.45) is -1.36. The van der Waals surface area contributed by atoms with Gasteiger partial charge in [-0.1, -0.05) is 6.07 Å². The molecule has 3 aromatic rings. The quantitative estimate of drug-likeness (QED) is 0.396. The Morgan fingerprint density at radius 1 is 1.04 bits per heavy atom. The summed E-state index contributed by atoms with van der Waals surface area (Å²) >= 11 is 0.986. The van der Waals surface area contributed by atoms with Gasteiger partial charge < -0.3 is 10.1 Å². The van der Waals surface area contributed by atoms with Crippen molar-refractivity contribution in [2.75, 3.05) is 5.32 Å². The number of nitrogens with one attached hydrogen (secondary N) is 1. The van der Waals surface area contributed by atoms with Gasteiger partial charge in [0, 0.05) is 10.1 Å². The molecular weight excluding hydrogens is 386 g/mol. The molecule has 0 saturated heterocycles. The van der Waals surface area contributed by atoms with Crippen LogP contribution in [0.4, 0.5) is 23.2 Å². The predicted octanol–water partition coefficient (Wildman–Crippen LogP) is 4.64. The van der Waals surface area contributed by atoms with E-state index in [2.05, 4.69) is 0 Å². The number of ether oxygens (including phenoxy) is 1. The summed E-state index contributed by atoms with van der Waals surface area (Å²) in [6, 6.07) is 7.16. The molecule has 1 N–H and O–H groups in total. The molecular formula is C18H11F4NO3S.